The summed E-state index contributed by atoms with van der Waals surface area (Å²) in [5.74, 6) is 1.14. The molecule has 0 bridgehead atoms. The number of nitrogens with zero attached hydrogens (tertiary/aromatic N) is 1. The van der Waals surface area contributed by atoms with Gasteiger partial charge >= 0.3 is 6.03 Å². The first-order valence-corrected chi connectivity index (χ1v) is 8.61. The van der Waals surface area contributed by atoms with Crippen molar-refractivity contribution in [2.45, 2.75) is 43.2 Å². The quantitative estimate of drug-likeness (QED) is 0.794. The van der Waals surface area contributed by atoms with Crippen molar-refractivity contribution in [3.63, 3.8) is 0 Å². The van der Waals surface area contributed by atoms with Crippen LogP contribution < -0.4 is 11.1 Å². The van der Waals surface area contributed by atoms with Crippen LogP contribution in [0.25, 0.3) is 0 Å². The molecule has 1 saturated heterocycles. The van der Waals surface area contributed by atoms with Gasteiger partial charge in [0.05, 0.1) is 0 Å². The fraction of sp³-hybridized carbons (Fsp3) is 0.562. The minimum absolute atomic E-state index is 0.254. The summed E-state index contributed by atoms with van der Waals surface area (Å²) in [6.45, 7) is 4.39. The van der Waals surface area contributed by atoms with E-state index in [1.165, 1.54) is 11.3 Å². The SMILES string of the molecule is C[C@H](CCSc1ccccc1)N1CCC(NC(N)=O)CC1. The lowest BCUT2D eigenvalue weighted by Gasteiger charge is -2.36. The number of carbonyl (C=O) groups is 1. The van der Waals surface area contributed by atoms with Crippen LogP contribution in [0.5, 0.6) is 0 Å². The van der Waals surface area contributed by atoms with Gasteiger partial charge in [-0.05, 0) is 44.1 Å². The third-order valence-corrected chi connectivity index (χ3v) is 5.09. The Morgan fingerprint density at radius 2 is 2.05 bits per heavy atom. The van der Waals surface area contributed by atoms with Crippen molar-refractivity contribution >= 4 is 17.8 Å². The van der Waals surface area contributed by atoms with E-state index in [9.17, 15) is 4.79 Å². The second-order valence-corrected chi connectivity index (χ2v) is 6.79. The molecule has 1 aliphatic rings. The number of urea groups is 1. The molecular formula is C16H25N3OS. The van der Waals surface area contributed by atoms with Gasteiger partial charge in [0.2, 0.25) is 0 Å². The zero-order valence-corrected chi connectivity index (χ0v) is 13.4. The number of rotatable bonds is 6. The molecular weight excluding hydrogens is 282 g/mol. The van der Waals surface area contributed by atoms with Gasteiger partial charge in [0, 0.05) is 30.1 Å². The van der Waals surface area contributed by atoms with E-state index in [-0.39, 0.29) is 6.04 Å². The number of benzene rings is 1. The molecule has 4 nitrogen and oxygen atoms in total. The number of thioether (sulfide) groups is 1. The Balaban J connectivity index is 1.65. The van der Waals surface area contributed by atoms with Crippen molar-refractivity contribution in [2.24, 2.45) is 5.73 Å². The van der Waals surface area contributed by atoms with Crippen LogP contribution in [0.15, 0.2) is 35.2 Å². The van der Waals surface area contributed by atoms with Gasteiger partial charge in [-0.2, -0.15) is 0 Å². The highest BCUT2D eigenvalue weighted by Gasteiger charge is 2.22. The van der Waals surface area contributed by atoms with Crippen molar-refractivity contribution < 1.29 is 4.79 Å². The Morgan fingerprint density at radius 1 is 1.38 bits per heavy atom. The Labute approximate surface area is 131 Å². The third-order valence-electron chi connectivity index (χ3n) is 4.05. The second-order valence-electron chi connectivity index (χ2n) is 5.62. The van der Waals surface area contributed by atoms with E-state index in [0.29, 0.717) is 6.04 Å². The van der Waals surface area contributed by atoms with Crippen molar-refractivity contribution in [3.8, 4) is 0 Å². The lowest BCUT2D eigenvalue weighted by molar-refractivity contribution is 0.151. The fourth-order valence-corrected chi connectivity index (χ4v) is 3.78. The molecule has 116 valence electrons. The predicted molar refractivity (Wildman–Crippen MR) is 88.6 cm³/mol. The maximum absolute atomic E-state index is 10.9. The van der Waals surface area contributed by atoms with Crippen molar-refractivity contribution in [1.29, 1.82) is 0 Å². The van der Waals surface area contributed by atoms with Crippen molar-refractivity contribution in [1.82, 2.24) is 10.2 Å². The number of primary amides is 1. The van der Waals surface area contributed by atoms with E-state index in [1.54, 1.807) is 0 Å². The summed E-state index contributed by atoms with van der Waals surface area (Å²) < 4.78 is 0. The molecule has 5 heteroatoms. The molecule has 21 heavy (non-hydrogen) atoms. The summed E-state index contributed by atoms with van der Waals surface area (Å²) in [6, 6.07) is 11.0. The first-order chi connectivity index (χ1) is 10.1. The molecule has 0 radical (unpaired) electrons. The number of carbonyl (C=O) groups excluding carboxylic acids is 1. The number of nitrogens with two attached hydrogens (primary N) is 1. The summed E-state index contributed by atoms with van der Waals surface area (Å²) in [6.07, 6.45) is 3.19. The minimum atomic E-state index is -0.402. The van der Waals surface area contributed by atoms with Gasteiger partial charge in [-0.25, -0.2) is 4.79 Å². The molecule has 1 aromatic rings. The van der Waals surface area contributed by atoms with Gasteiger partial charge in [-0.15, -0.1) is 11.8 Å². The Hall–Kier alpha value is -1.20. The Kier molecular flexibility index (Phi) is 6.39. The van der Waals surface area contributed by atoms with Gasteiger partial charge in [0.15, 0.2) is 0 Å². The van der Waals surface area contributed by atoms with Crippen molar-refractivity contribution in [2.75, 3.05) is 18.8 Å². The summed E-state index contributed by atoms with van der Waals surface area (Å²) in [5, 5.41) is 2.81. The summed E-state index contributed by atoms with van der Waals surface area (Å²) in [7, 11) is 0. The van der Waals surface area contributed by atoms with Crippen LogP contribution in [0.1, 0.15) is 26.2 Å². The number of amides is 2. The van der Waals surface area contributed by atoms with Gasteiger partial charge in [-0.1, -0.05) is 18.2 Å². The van der Waals surface area contributed by atoms with E-state index < -0.39 is 6.03 Å². The van der Waals surface area contributed by atoms with Crippen LogP contribution in [-0.4, -0.2) is 41.9 Å². The number of nitrogens with one attached hydrogen (secondary N) is 1. The molecule has 3 N–H and O–H groups in total. The zero-order valence-electron chi connectivity index (χ0n) is 12.6. The highest BCUT2D eigenvalue weighted by molar-refractivity contribution is 7.99. The number of hydrogen-bond acceptors (Lipinski definition) is 3. The van der Waals surface area contributed by atoms with Crippen LogP contribution in [0.2, 0.25) is 0 Å². The molecule has 0 aromatic heterocycles. The molecule has 2 rings (SSSR count). The van der Waals surface area contributed by atoms with Crippen LogP contribution >= 0.6 is 11.8 Å². The Morgan fingerprint density at radius 3 is 2.67 bits per heavy atom. The topological polar surface area (TPSA) is 58.4 Å². The molecule has 0 spiro atoms. The molecule has 1 heterocycles. The van der Waals surface area contributed by atoms with Gasteiger partial charge in [-0.3, -0.25) is 0 Å². The summed E-state index contributed by atoms with van der Waals surface area (Å²) >= 11 is 1.92. The van der Waals surface area contributed by atoms with Gasteiger partial charge < -0.3 is 16.0 Å². The normalized spacial score (nSPS) is 18.3. The molecule has 1 atom stereocenters. The molecule has 1 aliphatic heterocycles. The average Bonchev–Trinajstić information content (AvgIpc) is 2.48. The van der Waals surface area contributed by atoms with Gasteiger partial charge in [0.1, 0.15) is 0 Å². The van der Waals surface area contributed by atoms with Crippen LogP contribution in [0.4, 0.5) is 4.79 Å². The third kappa shape index (κ3) is 5.59. The molecule has 2 amide bonds. The maximum atomic E-state index is 10.9. The lowest BCUT2D eigenvalue weighted by Crippen LogP contribution is -2.48. The monoisotopic (exact) mass is 307 g/mol. The minimum Gasteiger partial charge on any atom is -0.352 e. The maximum Gasteiger partial charge on any atom is 0.312 e. The lowest BCUT2D eigenvalue weighted by atomic mass is 10.0. The van der Waals surface area contributed by atoms with Gasteiger partial charge in [0.25, 0.3) is 0 Å². The van der Waals surface area contributed by atoms with E-state index >= 15 is 0 Å². The first kappa shape index (κ1) is 16.2. The highest BCUT2D eigenvalue weighted by atomic mass is 32.2. The number of piperidine rings is 1. The van der Waals surface area contributed by atoms with Crippen LogP contribution in [-0.2, 0) is 0 Å². The smallest absolute Gasteiger partial charge is 0.312 e. The largest absolute Gasteiger partial charge is 0.352 e. The predicted octanol–water partition coefficient (Wildman–Crippen LogP) is 2.69. The number of hydrogen-bond donors (Lipinski definition) is 2. The highest BCUT2D eigenvalue weighted by Crippen LogP contribution is 2.21. The second kappa shape index (κ2) is 8.29. The standard InChI is InChI=1S/C16H25N3OS/c1-13(9-12-21-15-5-3-2-4-6-15)19-10-7-14(8-11-19)18-16(17)20/h2-6,13-14H,7-12H2,1H3,(H3,17,18,20)/t13-/m1/s1. The molecule has 0 saturated carbocycles. The van der Waals surface area contributed by atoms with E-state index in [4.69, 9.17) is 5.73 Å². The van der Waals surface area contributed by atoms with E-state index in [1.807, 2.05) is 11.8 Å². The summed E-state index contributed by atoms with van der Waals surface area (Å²) in [4.78, 5) is 14.7. The fourth-order valence-electron chi connectivity index (χ4n) is 2.73. The average molecular weight is 307 g/mol. The first-order valence-electron chi connectivity index (χ1n) is 7.63. The zero-order chi connectivity index (χ0) is 15.1. The van der Waals surface area contributed by atoms with E-state index in [2.05, 4.69) is 47.5 Å². The van der Waals surface area contributed by atoms with Crippen molar-refractivity contribution in [3.05, 3.63) is 30.3 Å². The van der Waals surface area contributed by atoms with E-state index in [0.717, 1.165) is 31.7 Å². The van der Waals surface area contributed by atoms with Crippen LogP contribution in [0, 0.1) is 0 Å². The summed E-state index contributed by atoms with van der Waals surface area (Å²) in [5.41, 5.74) is 5.17. The Bertz CT molecular complexity index is 432. The van der Waals surface area contributed by atoms with Crippen LogP contribution in [0.3, 0.4) is 0 Å². The molecule has 1 aromatic carbocycles. The molecule has 1 fully saturated rings. The number of likely N-dealkylation sites (tertiary alicyclic amines) is 1. The molecule has 0 unspecified atom stereocenters. The molecule has 0 aliphatic carbocycles.